The van der Waals surface area contributed by atoms with Crippen LogP contribution in [0.4, 0.5) is 21.8 Å². The van der Waals surface area contributed by atoms with Gasteiger partial charge in [-0.15, -0.1) is 15.3 Å². The number of hydrogen-bond donors (Lipinski definition) is 1. The topological polar surface area (TPSA) is 128 Å². The maximum absolute atomic E-state index is 14.8. The molecule has 1 aromatic carbocycles. The molecule has 1 aliphatic rings. The molecule has 4 aromatic heterocycles. The second kappa shape index (κ2) is 9.24. The molecule has 5 aromatic rings. The highest BCUT2D eigenvalue weighted by atomic mass is 19.1. The molecule has 12 nitrogen and oxygen atoms in total. The molecule has 182 valence electrons. The Morgan fingerprint density at radius 2 is 1.92 bits per heavy atom. The van der Waals surface area contributed by atoms with Gasteiger partial charge in [-0.05, 0) is 47.4 Å². The zero-order chi connectivity index (χ0) is 24.5. The molecule has 0 bridgehead atoms. The van der Waals surface area contributed by atoms with Gasteiger partial charge >= 0.3 is 0 Å². The van der Waals surface area contributed by atoms with Crippen molar-refractivity contribution in [3.05, 3.63) is 66.5 Å². The van der Waals surface area contributed by atoms with Crippen molar-refractivity contribution in [2.45, 2.75) is 32.1 Å². The Labute approximate surface area is 205 Å². The Hall–Kier alpha value is -4.55. The summed E-state index contributed by atoms with van der Waals surface area (Å²) < 4.78 is 18.1. The van der Waals surface area contributed by atoms with Crippen LogP contribution in [0.25, 0.3) is 11.3 Å². The predicted molar refractivity (Wildman–Crippen MR) is 129 cm³/mol. The molecule has 0 aliphatic carbocycles. The average Bonchev–Trinajstić information content (AvgIpc) is 3.61. The number of tetrazole rings is 1. The third-order valence-corrected chi connectivity index (χ3v) is 6.42. The standard InChI is InChI=1S/C23H23FN12/c1-2-15-12-26-23(27-13-15)34-8-5-16(6-9-34)21-30-31-22-20(25-7-10-35(21)22)29-19-4-3-17(11-18(19)24)36-14-28-32-33-36/h3-4,7,10-14,16H,2,5-6,8-9H2,1H3,(H,25,29). The summed E-state index contributed by atoms with van der Waals surface area (Å²) in [6.07, 6.45) is 11.4. The molecule has 1 fully saturated rings. The summed E-state index contributed by atoms with van der Waals surface area (Å²) in [5.41, 5.74) is 2.44. The van der Waals surface area contributed by atoms with Crippen molar-refractivity contribution in [3.8, 4) is 5.69 Å². The fraction of sp³-hybridized carbons (Fsp3) is 0.304. The number of hydrogen-bond acceptors (Lipinski definition) is 10. The van der Waals surface area contributed by atoms with E-state index in [0.717, 1.165) is 49.7 Å². The van der Waals surface area contributed by atoms with Crippen LogP contribution in [0.2, 0.25) is 0 Å². The first kappa shape index (κ1) is 21.9. The smallest absolute Gasteiger partial charge is 0.225 e. The van der Waals surface area contributed by atoms with Gasteiger partial charge in [0.15, 0.2) is 5.82 Å². The highest BCUT2D eigenvalue weighted by molar-refractivity contribution is 5.70. The summed E-state index contributed by atoms with van der Waals surface area (Å²) in [5.74, 6) is 1.82. The quantitative estimate of drug-likeness (QED) is 0.383. The van der Waals surface area contributed by atoms with E-state index < -0.39 is 5.82 Å². The van der Waals surface area contributed by atoms with E-state index in [1.54, 1.807) is 18.3 Å². The largest absolute Gasteiger partial charge is 0.341 e. The molecule has 0 atom stereocenters. The lowest BCUT2D eigenvalue weighted by Crippen LogP contribution is -2.34. The number of rotatable bonds is 6. The highest BCUT2D eigenvalue weighted by Gasteiger charge is 2.26. The van der Waals surface area contributed by atoms with Crippen LogP contribution in [0, 0.1) is 5.82 Å². The van der Waals surface area contributed by atoms with Crippen LogP contribution < -0.4 is 10.2 Å². The summed E-state index contributed by atoms with van der Waals surface area (Å²) >= 11 is 0. The first-order valence-corrected chi connectivity index (χ1v) is 11.7. The van der Waals surface area contributed by atoms with E-state index in [1.807, 2.05) is 23.0 Å². The van der Waals surface area contributed by atoms with Gasteiger partial charge in [0.05, 0.1) is 11.4 Å². The molecule has 0 spiro atoms. The summed E-state index contributed by atoms with van der Waals surface area (Å²) in [4.78, 5) is 15.6. The molecule has 1 N–H and O–H groups in total. The van der Waals surface area contributed by atoms with E-state index in [2.05, 4.69) is 57.8 Å². The molecule has 36 heavy (non-hydrogen) atoms. The Bertz CT molecular complexity index is 1470. The number of fused-ring (bicyclic) bond motifs is 1. The number of anilines is 3. The lowest BCUT2D eigenvalue weighted by Gasteiger charge is -2.31. The van der Waals surface area contributed by atoms with Crippen LogP contribution in [0.3, 0.4) is 0 Å². The van der Waals surface area contributed by atoms with Gasteiger partial charge in [0, 0.05) is 49.9 Å². The predicted octanol–water partition coefficient (Wildman–Crippen LogP) is 2.72. The van der Waals surface area contributed by atoms with Crippen molar-refractivity contribution in [1.82, 2.24) is 49.8 Å². The minimum Gasteiger partial charge on any atom is -0.341 e. The second-order valence-electron chi connectivity index (χ2n) is 8.58. The minimum absolute atomic E-state index is 0.230. The van der Waals surface area contributed by atoms with Gasteiger partial charge in [0.2, 0.25) is 11.6 Å². The lowest BCUT2D eigenvalue weighted by molar-refractivity contribution is 0.477. The fourth-order valence-corrected chi connectivity index (χ4v) is 4.40. The van der Waals surface area contributed by atoms with Gasteiger partial charge in [-0.25, -0.2) is 24.0 Å². The Morgan fingerprint density at radius 3 is 2.64 bits per heavy atom. The summed E-state index contributed by atoms with van der Waals surface area (Å²) in [5, 5.41) is 22.8. The monoisotopic (exact) mass is 486 g/mol. The minimum atomic E-state index is -0.465. The zero-order valence-corrected chi connectivity index (χ0v) is 19.5. The van der Waals surface area contributed by atoms with Crippen LogP contribution in [0.15, 0.2) is 49.3 Å². The third kappa shape index (κ3) is 4.08. The summed E-state index contributed by atoms with van der Waals surface area (Å²) in [6.45, 7) is 3.76. The summed E-state index contributed by atoms with van der Waals surface area (Å²) in [7, 11) is 0. The maximum atomic E-state index is 14.8. The molecule has 5 heterocycles. The zero-order valence-electron chi connectivity index (χ0n) is 19.5. The fourth-order valence-electron chi connectivity index (χ4n) is 4.40. The number of aromatic nitrogens is 10. The number of benzene rings is 1. The SMILES string of the molecule is CCc1cnc(N2CCC(c3nnc4c(Nc5ccc(-n6cnnn6)cc5F)nccn34)CC2)nc1. The first-order valence-electron chi connectivity index (χ1n) is 11.7. The van der Waals surface area contributed by atoms with Crippen LogP contribution in [0.1, 0.15) is 37.1 Å². The summed E-state index contributed by atoms with van der Waals surface area (Å²) in [6, 6.07) is 4.67. The molecule has 13 heteroatoms. The molecule has 0 radical (unpaired) electrons. The number of piperidine rings is 1. The van der Waals surface area contributed by atoms with Crippen molar-refractivity contribution < 1.29 is 4.39 Å². The number of aryl methyl sites for hydroxylation is 1. The van der Waals surface area contributed by atoms with Crippen LogP contribution in [-0.4, -0.2) is 62.8 Å². The molecule has 0 amide bonds. The van der Waals surface area contributed by atoms with Gasteiger partial charge in [-0.2, -0.15) is 0 Å². The van der Waals surface area contributed by atoms with Crippen molar-refractivity contribution in [2.75, 3.05) is 23.3 Å². The third-order valence-electron chi connectivity index (χ3n) is 6.42. The van der Waals surface area contributed by atoms with Crippen molar-refractivity contribution in [2.24, 2.45) is 0 Å². The Balaban J connectivity index is 1.19. The number of halogens is 1. The lowest BCUT2D eigenvalue weighted by atomic mass is 9.96. The molecular weight excluding hydrogens is 463 g/mol. The molecule has 0 saturated carbocycles. The van der Waals surface area contributed by atoms with Crippen LogP contribution >= 0.6 is 0 Å². The maximum Gasteiger partial charge on any atom is 0.225 e. The van der Waals surface area contributed by atoms with E-state index in [-0.39, 0.29) is 11.6 Å². The van der Waals surface area contributed by atoms with E-state index in [9.17, 15) is 4.39 Å². The molecule has 1 saturated heterocycles. The van der Waals surface area contributed by atoms with Gasteiger partial charge in [0.25, 0.3) is 0 Å². The highest BCUT2D eigenvalue weighted by Crippen LogP contribution is 2.30. The molecule has 6 rings (SSSR count). The Kier molecular flexibility index (Phi) is 5.64. The van der Waals surface area contributed by atoms with Gasteiger partial charge in [-0.1, -0.05) is 6.92 Å². The second-order valence-corrected chi connectivity index (χ2v) is 8.58. The van der Waals surface area contributed by atoms with Gasteiger partial charge < -0.3 is 10.2 Å². The van der Waals surface area contributed by atoms with Crippen molar-refractivity contribution >= 4 is 23.1 Å². The number of nitrogens with zero attached hydrogens (tertiary/aromatic N) is 11. The van der Waals surface area contributed by atoms with E-state index >= 15 is 0 Å². The molecule has 1 aliphatic heterocycles. The van der Waals surface area contributed by atoms with Gasteiger partial charge in [0.1, 0.15) is 18.0 Å². The molecular formula is C23H23FN12. The first-order chi connectivity index (χ1) is 17.7. The van der Waals surface area contributed by atoms with Crippen LogP contribution in [0.5, 0.6) is 0 Å². The number of nitrogens with one attached hydrogen (secondary N) is 1. The van der Waals surface area contributed by atoms with E-state index in [0.29, 0.717) is 17.2 Å². The van der Waals surface area contributed by atoms with Crippen molar-refractivity contribution in [1.29, 1.82) is 0 Å². The molecule has 0 unspecified atom stereocenters. The Morgan fingerprint density at radius 1 is 1.08 bits per heavy atom. The van der Waals surface area contributed by atoms with E-state index in [1.165, 1.54) is 17.1 Å². The van der Waals surface area contributed by atoms with Gasteiger partial charge in [-0.3, -0.25) is 4.40 Å². The van der Waals surface area contributed by atoms with Crippen LogP contribution in [-0.2, 0) is 6.42 Å². The average molecular weight is 487 g/mol. The normalized spacial score (nSPS) is 14.4. The van der Waals surface area contributed by atoms with E-state index in [4.69, 9.17) is 0 Å². The van der Waals surface area contributed by atoms with Crippen molar-refractivity contribution in [3.63, 3.8) is 0 Å².